The molecular weight excluding hydrogens is 230 g/mol. The van der Waals surface area contributed by atoms with Gasteiger partial charge in [0.15, 0.2) is 0 Å². The molecule has 1 aliphatic heterocycles. The molecule has 0 atom stereocenters. The van der Waals surface area contributed by atoms with Crippen molar-refractivity contribution < 1.29 is 14.6 Å². The van der Waals surface area contributed by atoms with Gasteiger partial charge in [-0.15, -0.1) is 0 Å². The SMILES string of the molecule is O=C([O-])COC1CCN(Cc2ccccc2)CC1. The summed E-state index contributed by atoms with van der Waals surface area (Å²) in [4.78, 5) is 12.7. The van der Waals surface area contributed by atoms with Gasteiger partial charge < -0.3 is 14.6 Å². The van der Waals surface area contributed by atoms with Gasteiger partial charge in [0.25, 0.3) is 0 Å². The van der Waals surface area contributed by atoms with Crippen LogP contribution in [0.1, 0.15) is 18.4 Å². The minimum absolute atomic E-state index is 0.0647. The maximum absolute atomic E-state index is 10.3. The summed E-state index contributed by atoms with van der Waals surface area (Å²) in [6.07, 6.45) is 1.84. The Balaban J connectivity index is 1.72. The number of carbonyl (C=O) groups is 1. The quantitative estimate of drug-likeness (QED) is 0.757. The van der Waals surface area contributed by atoms with Crippen LogP contribution >= 0.6 is 0 Å². The number of rotatable bonds is 5. The monoisotopic (exact) mass is 248 g/mol. The molecule has 1 saturated heterocycles. The van der Waals surface area contributed by atoms with Gasteiger partial charge in [0.2, 0.25) is 0 Å². The Labute approximate surface area is 107 Å². The summed E-state index contributed by atoms with van der Waals surface area (Å²) < 4.78 is 5.25. The molecule has 2 rings (SSSR count). The van der Waals surface area contributed by atoms with Crippen molar-refractivity contribution in [3.05, 3.63) is 35.9 Å². The van der Waals surface area contributed by atoms with E-state index in [-0.39, 0.29) is 12.7 Å². The van der Waals surface area contributed by atoms with Gasteiger partial charge in [-0.3, -0.25) is 4.90 Å². The molecule has 98 valence electrons. The van der Waals surface area contributed by atoms with E-state index in [2.05, 4.69) is 17.0 Å². The largest absolute Gasteiger partial charge is 0.548 e. The maximum atomic E-state index is 10.3. The highest BCUT2D eigenvalue weighted by Crippen LogP contribution is 2.15. The number of likely N-dealkylation sites (tertiary alicyclic amines) is 1. The van der Waals surface area contributed by atoms with Crippen LogP contribution in [0.2, 0.25) is 0 Å². The van der Waals surface area contributed by atoms with E-state index in [1.165, 1.54) is 5.56 Å². The fourth-order valence-corrected chi connectivity index (χ4v) is 2.26. The lowest BCUT2D eigenvalue weighted by molar-refractivity contribution is -0.310. The van der Waals surface area contributed by atoms with Crippen LogP contribution in [0.3, 0.4) is 0 Å². The predicted octanol–water partition coefficient (Wildman–Crippen LogP) is 0.417. The average molecular weight is 248 g/mol. The molecule has 0 N–H and O–H groups in total. The first-order valence-corrected chi connectivity index (χ1v) is 6.32. The highest BCUT2D eigenvalue weighted by Gasteiger charge is 2.19. The van der Waals surface area contributed by atoms with Gasteiger partial charge in [0, 0.05) is 19.6 Å². The molecule has 4 heteroatoms. The second-order valence-electron chi connectivity index (χ2n) is 4.64. The third-order valence-corrected chi connectivity index (χ3v) is 3.22. The third-order valence-electron chi connectivity index (χ3n) is 3.22. The molecule has 0 aromatic heterocycles. The van der Waals surface area contributed by atoms with Gasteiger partial charge in [-0.1, -0.05) is 30.3 Å². The molecule has 1 aromatic rings. The van der Waals surface area contributed by atoms with Crippen LogP contribution in [0, 0.1) is 0 Å². The molecule has 0 radical (unpaired) electrons. The van der Waals surface area contributed by atoms with Crippen LogP contribution in [-0.2, 0) is 16.1 Å². The molecule has 0 amide bonds. The zero-order chi connectivity index (χ0) is 12.8. The zero-order valence-corrected chi connectivity index (χ0v) is 10.4. The highest BCUT2D eigenvalue weighted by atomic mass is 16.5. The standard InChI is InChI=1S/C14H19NO3/c16-14(17)11-18-13-6-8-15(9-7-13)10-12-4-2-1-3-5-12/h1-5,13H,6-11H2,(H,16,17)/p-1. The van der Waals surface area contributed by atoms with Crippen molar-refractivity contribution in [2.75, 3.05) is 19.7 Å². The number of carboxylic acids is 1. The van der Waals surface area contributed by atoms with Crippen LogP contribution in [0.5, 0.6) is 0 Å². The number of hydrogen-bond acceptors (Lipinski definition) is 4. The number of benzene rings is 1. The van der Waals surface area contributed by atoms with Gasteiger partial charge in [-0.05, 0) is 18.4 Å². The van der Waals surface area contributed by atoms with Crippen LogP contribution in [0.4, 0.5) is 0 Å². The Bertz CT molecular complexity index is 372. The molecule has 1 heterocycles. The fourth-order valence-electron chi connectivity index (χ4n) is 2.26. The summed E-state index contributed by atoms with van der Waals surface area (Å²) in [5.74, 6) is -1.14. The molecular formula is C14H18NO3-. The molecule has 0 bridgehead atoms. The van der Waals surface area contributed by atoms with Crippen LogP contribution in [0.25, 0.3) is 0 Å². The smallest absolute Gasteiger partial charge is 0.0865 e. The van der Waals surface area contributed by atoms with Gasteiger partial charge >= 0.3 is 0 Å². The van der Waals surface area contributed by atoms with Gasteiger partial charge in [0.1, 0.15) is 0 Å². The second kappa shape index (κ2) is 6.52. The summed E-state index contributed by atoms with van der Waals surface area (Å²) >= 11 is 0. The Morgan fingerprint density at radius 1 is 1.28 bits per heavy atom. The number of carbonyl (C=O) groups excluding carboxylic acids is 1. The van der Waals surface area contributed by atoms with Crippen LogP contribution in [0.15, 0.2) is 30.3 Å². The molecule has 1 aliphatic rings. The molecule has 0 saturated carbocycles. The molecule has 4 nitrogen and oxygen atoms in total. The van der Waals surface area contributed by atoms with E-state index < -0.39 is 5.97 Å². The van der Waals surface area contributed by atoms with E-state index in [4.69, 9.17) is 4.74 Å². The van der Waals surface area contributed by atoms with Crippen molar-refractivity contribution in [3.63, 3.8) is 0 Å². The molecule has 1 aromatic carbocycles. The zero-order valence-electron chi connectivity index (χ0n) is 10.4. The first kappa shape index (κ1) is 13.1. The maximum Gasteiger partial charge on any atom is 0.0865 e. The molecule has 0 unspecified atom stereocenters. The van der Waals surface area contributed by atoms with Gasteiger partial charge in [-0.2, -0.15) is 0 Å². The Hall–Kier alpha value is -1.39. The van der Waals surface area contributed by atoms with Crippen molar-refractivity contribution in [1.82, 2.24) is 4.90 Å². The lowest BCUT2D eigenvalue weighted by Crippen LogP contribution is -2.38. The molecule has 0 aliphatic carbocycles. The number of ether oxygens (including phenoxy) is 1. The summed E-state index contributed by atoms with van der Waals surface area (Å²) in [5.41, 5.74) is 1.31. The average Bonchev–Trinajstić information content (AvgIpc) is 2.39. The number of piperidine rings is 1. The van der Waals surface area contributed by atoms with E-state index in [0.717, 1.165) is 32.5 Å². The van der Waals surface area contributed by atoms with E-state index >= 15 is 0 Å². The third kappa shape index (κ3) is 4.13. The highest BCUT2D eigenvalue weighted by molar-refractivity contribution is 5.65. The lowest BCUT2D eigenvalue weighted by Gasteiger charge is -2.32. The Kier molecular flexibility index (Phi) is 4.73. The van der Waals surface area contributed by atoms with Crippen molar-refractivity contribution >= 4 is 5.97 Å². The van der Waals surface area contributed by atoms with Crippen LogP contribution < -0.4 is 5.11 Å². The first-order chi connectivity index (χ1) is 8.74. The van der Waals surface area contributed by atoms with Crippen molar-refractivity contribution in [2.24, 2.45) is 0 Å². The van der Waals surface area contributed by atoms with E-state index in [0.29, 0.717) is 0 Å². The predicted molar refractivity (Wildman–Crippen MR) is 65.7 cm³/mol. The van der Waals surface area contributed by atoms with E-state index in [1.54, 1.807) is 0 Å². The second-order valence-corrected chi connectivity index (χ2v) is 4.64. The topological polar surface area (TPSA) is 52.6 Å². The van der Waals surface area contributed by atoms with Gasteiger partial charge in [0.05, 0.1) is 18.7 Å². The number of nitrogens with zero attached hydrogens (tertiary/aromatic N) is 1. The first-order valence-electron chi connectivity index (χ1n) is 6.32. The van der Waals surface area contributed by atoms with E-state index in [1.807, 2.05) is 18.2 Å². The summed E-state index contributed by atoms with van der Waals surface area (Å²) in [5, 5.41) is 10.3. The molecule has 0 spiro atoms. The van der Waals surface area contributed by atoms with Crippen molar-refractivity contribution in [3.8, 4) is 0 Å². The van der Waals surface area contributed by atoms with Crippen molar-refractivity contribution in [1.29, 1.82) is 0 Å². The normalized spacial score (nSPS) is 17.8. The van der Waals surface area contributed by atoms with Crippen LogP contribution in [-0.4, -0.2) is 36.7 Å². The number of hydrogen-bond donors (Lipinski definition) is 0. The van der Waals surface area contributed by atoms with Crippen molar-refractivity contribution in [2.45, 2.75) is 25.5 Å². The minimum atomic E-state index is -1.14. The number of carboxylic acid groups (broad SMARTS) is 1. The summed E-state index contributed by atoms with van der Waals surface area (Å²) in [6, 6.07) is 10.4. The Morgan fingerprint density at radius 3 is 2.56 bits per heavy atom. The fraction of sp³-hybridized carbons (Fsp3) is 0.500. The summed E-state index contributed by atoms with van der Waals surface area (Å²) in [6.45, 7) is 2.57. The number of aliphatic carboxylic acids is 1. The Morgan fingerprint density at radius 2 is 1.94 bits per heavy atom. The minimum Gasteiger partial charge on any atom is -0.548 e. The molecule has 18 heavy (non-hydrogen) atoms. The van der Waals surface area contributed by atoms with Gasteiger partial charge in [-0.25, -0.2) is 0 Å². The molecule has 1 fully saturated rings. The lowest BCUT2D eigenvalue weighted by atomic mass is 10.1. The van der Waals surface area contributed by atoms with E-state index in [9.17, 15) is 9.90 Å². The summed E-state index contributed by atoms with van der Waals surface area (Å²) in [7, 11) is 0.